The molecule has 1 amide bonds. The lowest BCUT2D eigenvalue weighted by atomic mass is 10.1. The molecule has 18 heavy (non-hydrogen) atoms. The van der Waals surface area contributed by atoms with Crippen molar-refractivity contribution in [1.82, 2.24) is 0 Å². The molecule has 0 aliphatic heterocycles. The van der Waals surface area contributed by atoms with Crippen molar-refractivity contribution >= 4 is 11.6 Å². The summed E-state index contributed by atoms with van der Waals surface area (Å²) in [7, 11) is 0. The Kier molecular flexibility index (Phi) is 6.81. The van der Waals surface area contributed by atoms with Gasteiger partial charge in [0, 0.05) is 18.3 Å². The van der Waals surface area contributed by atoms with Crippen LogP contribution in [0.4, 0.5) is 5.69 Å². The third-order valence-corrected chi connectivity index (χ3v) is 2.70. The molecule has 98 valence electrons. The van der Waals surface area contributed by atoms with Crippen molar-refractivity contribution in [1.29, 1.82) is 0 Å². The van der Waals surface area contributed by atoms with E-state index in [0.717, 1.165) is 12.1 Å². The molecule has 1 rings (SSSR count). The van der Waals surface area contributed by atoms with E-state index in [-0.39, 0.29) is 5.91 Å². The lowest BCUT2D eigenvalue weighted by molar-refractivity contribution is -0.111. The number of rotatable bonds is 7. The van der Waals surface area contributed by atoms with Crippen LogP contribution in [0.2, 0.25) is 0 Å². The lowest BCUT2D eigenvalue weighted by Gasteiger charge is -2.04. The summed E-state index contributed by atoms with van der Waals surface area (Å²) in [6, 6.07) is 8.01. The summed E-state index contributed by atoms with van der Waals surface area (Å²) in [5.41, 5.74) is 7.42. The lowest BCUT2D eigenvalue weighted by Crippen LogP contribution is -2.08. The second-order valence-corrected chi connectivity index (χ2v) is 4.28. The topological polar surface area (TPSA) is 55.1 Å². The van der Waals surface area contributed by atoms with Crippen LogP contribution in [0.25, 0.3) is 0 Å². The predicted molar refractivity (Wildman–Crippen MR) is 76.5 cm³/mol. The van der Waals surface area contributed by atoms with Gasteiger partial charge in [-0.15, -0.1) is 0 Å². The molecule has 3 N–H and O–H groups in total. The molecule has 0 saturated carbocycles. The number of carbonyl (C=O) groups is 1. The van der Waals surface area contributed by atoms with E-state index in [1.807, 2.05) is 12.1 Å². The highest BCUT2D eigenvalue weighted by atomic mass is 16.1. The first-order valence-corrected chi connectivity index (χ1v) is 6.52. The summed E-state index contributed by atoms with van der Waals surface area (Å²) in [6.45, 7) is 2.58. The second-order valence-electron chi connectivity index (χ2n) is 4.28. The Labute approximate surface area is 109 Å². The van der Waals surface area contributed by atoms with E-state index in [1.54, 1.807) is 6.08 Å². The van der Waals surface area contributed by atoms with E-state index in [9.17, 15) is 4.79 Å². The van der Waals surface area contributed by atoms with Gasteiger partial charge in [0.2, 0.25) is 5.91 Å². The van der Waals surface area contributed by atoms with E-state index in [1.165, 1.54) is 30.9 Å². The highest BCUT2D eigenvalue weighted by Gasteiger charge is 1.98. The third-order valence-electron chi connectivity index (χ3n) is 2.70. The number of unbranched alkanes of at least 4 members (excludes halogenated alkanes) is 2. The number of benzene rings is 1. The van der Waals surface area contributed by atoms with E-state index < -0.39 is 0 Å². The molecule has 3 heteroatoms. The van der Waals surface area contributed by atoms with Crippen LogP contribution in [0, 0.1) is 0 Å². The first-order valence-electron chi connectivity index (χ1n) is 6.52. The largest absolute Gasteiger partial charge is 0.327 e. The first-order chi connectivity index (χ1) is 8.76. The van der Waals surface area contributed by atoms with Gasteiger partial charge in [-0.2, -0.15) is 0 Å². The first kappa shape index (κ1) is 14.5. The SMILES string of the molecule is CCCCCc1ccc(NC(=O)/C=C/CN)cc1. The van der Waals surface area contributed by atoms with Crippen molar-refractivity contribution in [2.45, 2.75) is 32.6 Å². The Morgan fingerprint density at radius 1 is 1.28 bits per heavy atom. The van der Waals surface area contributed by atoms with Crippen LogP contribution >= 0.6 is 0 Å². The van der Waals surface area contributed by atoms with E-state index in [0.29, 0.717) is 6.54 Å². The number of amides is 1. The average Bonchev–Trinajstić information content (AvgIpc) is 2.39. The fourth-order valence-electron chi connectivity index (χ4n) is 1.69. The molecule has 0 atom stereocenters. The molecule has 0 heterocycles. The molecule has 1 aromatic carbocycles. The number of aryl methyl sites for hydroxylation is 1. The van der Waals surface area contributed by atoms with Crippen LogP contribution in [0.3, 0.4) is 0 Å². The summed E-state index contributed by atoms with van der Waals surface area (Å²) < 4.78 is 0. The maximum atomic E-state index is 11.4. The average molecular weight is 246 g/mol. The fourth-order valence-corrected chi connectivity index (χ4v) is 1.69. The van der Waals surface area contributed by atoms with Crippen molar-refractivity contribution < 1.29 is 4.79 Å². The van der Waals surface area contributed by atoms with Crippen LogP contribution in [-0.2, 0) is 11.2 Å². The highest BCUT2D eigenvalue weighted by molar-refractivity contribution is 5.99. The van der Waals surface area contributed by atoms with Gasteiger partial charge in [0.1, 0.15) is 0 Å². The molecule has 0 unspecified atom stereocenters. The molecule has 3 nitrogen and oxygen atoms in total. The van der Waals surface area contributed by atoms with Gasteiger partial charge >= 0.3 is 0 Å². The molecule has 1 aromatic rings. The summed E-state index contributed by atoms with van der Waals surface area (Å²) >= 11 is 0. The Hall–Kier alpha value is -1.61. The van der Waals surface area contributed by atoms with Crippen LogP contribution in [-0.4, -0.2) is 12.5 Å². The van der Waals surface area contributed by atoms with Gasteiger partial charge in [-0.05, 0) is 30.5 Å². The number of carbonyl (C=O) groups excluding carboxylic acids is 1. The van der Waals surface area contributed by atoms with Gasteiger partial charge in [0.15, 0.2) is 0 Å². The standard InChI is InChI=1S/C15H22N2O/c1-2-3-4-6-13-8-10-14(11-9-13)17-15(18)7-5-12-16/h5,7-11H,2-4,6,12,16H2,1H3,(H,17,18)/b7-5+. The quantitative estimate of drug-likeness (QED) is 0.574. The molecular weight excluding hydrogens is 224 g/mol. The zero-order chi connectivity index (χ0) is 13.2. The number of nitrogens with two attached hydrogens (primary N) is 1. The zero-order valence-electron chi connectivity index (χ0n) is 11.0. The highest BCUT2D eigenvalue weighted by Crippen LogP contribution is 2.12. The Balaban J connectivity index is 2.44. The Morgan fingerprint density at radius 3 is 2.61 bits per heavy atom. The van der Waals surface area contributed by atoms with Gasteiger partial charge in [-0.1, -0.05) is 38.0 Å². The van der Waals surface area contributed by atoms with Gasteiger partial charge in [0.05, 0.1) is 0 Å². The maximum Gasteiger partial charge on any atom is 0.248 e. The number of hydrogen-bond donors (Lipinski definition) is 2. The third kappa shape index (κ3) is 5.64. The molecule has 0 aromatic heterocycles. The van der Waals surface area contributed by atoms with Gasteiger partial charge in [-0.25, -0.2) is 0 Å². The maximum absolute atomic E-state index is 11.4. The number of anilines is 1. The van der Waals surface area contributed by atoms with Crippen molar-refractivity contribution in [2.24, 2.45) is 5.73 Å². The van der Waals surface area contributed by atoms with Crippen LogP contribution < -0.4 is 11.1 Å². The van der Waals surface area contributed by atoms with Crippen LogP contribution in [0.15, 0.2) is 36.4 Å². The molecule has 0 spiro atoms. The normalized spacial score (nSPS) is 10.8. The monoisotopic (exact) mass is 246 g/mol. The zero-order valence-corrected chi connectivity index (χ0v) is 11.0. The molecule has 0 aliphatic carbocycles. The molecule has 0 bridgehead atoms. The minimum Gasteiger partial charge on any atom is -0.327 e. The van der Waals surface area contributed by atoms with Crippen molar-refractivity contribution in [3.8, 4) is 0 Å². The van der Waals surface area contributed by atoms with E-state index in [2.05, 4.69) is 24.4 Å². The minimum atomic E-state index is -0.140. The van der Waals surface area contributed by atoms with Gasteiger partial charge in [-0.3, -0.25) is 4.79 Å². The van der Waals surface area contributed by atoms with Gasteiger partial charge < -0.3 is 11.1 Å². The van der Waals surface area contributed by atoms with E-state index >= 15 is 0 Å². The molecular formula is C15H22N2O. The van der Waals surface area contributed by atoms with Crippen LogP contribution in [0.5, 0.6) is 0 Å². The van der Waals surface area contributed by atoms with Crippen molar-refractivity contribution in [2.75, 3.05) is 11.9 Å². The van der Waals surface area contributed by atoms with E-state index in [4.69, 9.17) is 5.73 Å². The van der Waals surface area contributed by atoms with Gasteiger partial charge in [0.25, 0.3) is 0 Å². The van der Waals surface area contributed by atoms with Crippen LogP contribution in [0.1, 0.15) is 31.7 Å². The summed E-state index contributed by atoms with van der Waals surface area (Å²) in [5, 5.41) is 2.79. The molecule has 0 fully saturated rings. The molecule has 0 saturated heterocycles. The fraction of sp³-hybridized carbons (Fsp3) is 0.400. The number of hydrogen-bond acceptors (Lipinski definition) is 2. The summed E-state index contributed by atoms with van der Waals surface area (Å²) in [6.07, 6.45) is 7.92. The Morgan fingerprint density at radius 2 is 2.00 bits per heavy atom. The second kappa shape index (κ2) is 8.48. The molecule has 0 radical (unpaired) electrons. The summed E-state index contributed by atoms with van der Waals surface area (Å²) in [4.78, 5) is 11.4. The number of nitrogens with one attached hydrogen (secondary N) is 1. The summed E-state index contributed by atoms with van der Waals surface area (Å²) in [5.74, 6) is -0.140. The molecule has 0 aliphatic rings. The van der Waals surface area contributed by atoms with Crippen molar-refractivity contribution in [3.63, 3.8) is 0 Å². The Bertz CT molecular complexity index is 382. The predicted octanol–water partition coefficient (Wildman–Crippen LogP) is 2.87. The van der Waals surface area contributed by atoms with Crippen molar-refractivity contribution in [3.05, 3.63) is 42.0 Å². The minimum absolute atomic E-state index is 0.140. The smallest absolute Gasteiger partial charge is 0.248 e.